The molecule has 4 heteroatoms. The normalized spacial score (nSPS) is 12.0. The SMILES string of the molecule is CCC(CC)(Pc1ccccc1F)c1ccccc1OCOC. The van der Waals surface area contributed by atoms with Gasteiger partial charge in [0.05, 0.1) is 0 Å². The summed E-state index contributed by atoms with van der Waals surface area (Å²) in [5, 5.41) is 0.643. The molecule has 2 aromatic rings. The summed E-state index contributed by atoms with van der Waals surface area (Å²) < 4.78 is 25.0. The van der Waals surface area contributed by atoms with Gasteiger partial charge in [0, 0.05) is 23.1 Å². The highest BCUT2D eigenvalue weighted by atomic mass is 31.1. The van der Waals surface area contributed by atoms with Crippen molar-refractivity contribution >= 4 is 13.9 Å². The third kappa shape index (κ3) is 4.10. The van der Waals surface area contributed by atoms with Crippen molar-refractivity contribution in [2.24, 2.45) is 0 Å². The first-order valence-corrected chi connectivity index (χ1v) is 8.90. The maximum absolute atomic E-state index is 14.2. The minimum absolute atomic E-state index is 0.132. The van der Waals surface area contributed by atoms with Crippen LogP contribution < -0.4 is 10.0 Å². The van der Waals surface area contributed by atoms with E-state index in [1.807, 2.05) is 30.3 Å². The second kappa shape index (κ2) is 8.42. The molecule has 0 heterocycles. The van der Waals surface area contributed by atoms with Crippen molar-refractivity contribution in [1.82, 2.24) is 0 Å². The van der Waals surface area contributed by atoms with E-state index in [1.54, 1.807) is 13.2 Å². The van der Waals surface area contributed by atoms with Gasteiger partial charge in [-0.2, -0.15) is 0 Å². The summed E-state index contributed by atoms with van der Waals surface area (Å²) in [5.41, 5.74) is 1.13. The lowest BCUT2D eigenvalue weighted by atomic mass is 9.92. The molecule has 1 unspecified atom stereocenters. The van der Waals surface area contributed by atoms with Crippen LogP contribution in [0, 0.1) is 5.82 Å². The van der Waals surface area contributed by atoms with Crippen molar-refractivity contribution in [1.29, 1.82) is 0 Å². The van der Waals surface area contributed by atoms with Crippen molar-refractivity contribution in [2.75, 3.05) is 13.9 Å². The van der Waals surface area contributed by atoms with Crippen molar-refractivity contribution in [3.63, 3.8) is 0 Å². The van der Waals surface area contributed by atoms with E-state index in [0.29, 0.717) is 8.58 Å². The molecule has 0 aliphatic rings. The number of methoxy groups -OCH3 is 1. The van der Waals surface area contributed by atoms with Gasteiger partial charge in [-0.1, -0.05) is 58.8 Å². The fourth-order valence-corrected chi connectivity index (χ4v) is 4.40. The van der Waals surface area contributed by atoms with E-state index in [0.717, 1.165) is 29.5 Å². The average molecular weight is 334 g/mol. The highest BCUT2D eigenvalue weighted by Gasteiger charge is 2.32. The Morgan fingerprint density at radius 3 is 2.30 bits per heavy atom. The highest BCUT2D eigenvalue weighted by molar-refractivity contribution is 7.48. The summed E-state index contributed by atoms with van der Waals surface area (Å²) in [5.74, 6) is 0.689. The smallest absolute Gasteiger partial charge is 0.188 e. The molecule has 2 rings (SSSR count). The maximum Gasteiger partial charge on any atom is 0.188 e. The Morgan fingerprint density at radius 2 is 1.65 bits per heavy atom. The van der Waals surface area contributed by atoms with Crippen molar-refractivity contribution in [2.45, 2.75) is 31.8 Å². The first-order chi connectivity index (χ1) is 11.2. The topological polar surface area (TPSA) is 18.5 Å². The van der Waals surface area contributed by atoms with Crippen LogP contribution in [0.5, 0.6) is 5.75 Å². The highest BCUT2D eigenvalue weighted by Crippen LogP contribution is 2.50. The Balaban J connectivity index is 2.43. The molecule has 0 spiro atoms. The zero-order valence-corrected chi connectivity index (χ0v) is 14.9. The van der Waals surface area contributed by atoms with Gasteiger partial charge < -0.3 is 9.47 Å². The molecule has 0 aliphatic carbocycles. The number of rotatable bonds is 8. The van der Waals surface area contributed by atoms with Crippen LogP contribution in [0.2, 0.25) is 0 Å². The van der Waals surface area contributed by atoms with Gasteiger partial charge in [0.2, 0.25) is 0 Å². The second-order valence-electron chi connectivity index (χ2n) is 5.44. The molecule has 23 heavy (non-hydrogen) atoms. The molecule has 0 amide bonds. The van der Waals surface area contributed by atoms with Crippen LogP contribution in [0.1, 0.15) is 32.3 Å². The number of hydrogen-bond donors (Lipinski definition) is 0. The minimum atomic E-state index is -0.132. The van der Waals surface area contributed by atoms with E-state index < -0.39 is 0 Å². The molecule has 2 aromatic carbocycles. The summed E-state index contributed by atoms with van der Waals surface area (Å²) in [7, 11) is 1.96. The fourth-order valence-electron chi connectivity index (χ4n) is 2.81. The first-order valence-electron chi connectivity index (χ1n) is 7.90. The molecule has 0 bridgehead atoms. The number of halogens is 1. The van der Waals surface area contributed by atoms with Crippen molar-refractivity contribution < 1.29 is 13.9 Å². The Hall–Kier alpha value is -1.44. The summed E-state index contributed by atoms with van der Waals surface area (Å²) in [4.78, 5) is 0. The van der Waals surface area contributed by atoms with Crippen LogP contribution in [0.3, 0.4) is 0 Å². The van der Waals surface area contributed by atoms with Crippen LogP contribution >= 0.6 is 8.58 Å². The molecule has 1 atom stereocenters. The number of benzene rings is 2. The quantitative estimate of drug-likeness (QED) is 0.509. The molecule has 0 radical (unpaired) electrons. The zero-order valence-electron chi connectivity index (χ0n) is 13.9. The van der Waals surface area contributed by atoms with Crippen LogP contribution in [0.4, 0.5) is 4.39 Å². The largest absolute Gasteiger partial charge is 0.467 e. The molecule has 0 N–H and O–H groups in total. The molecular formula is C19H24FO2P. The summed E-state index contributed by atoms with van der Waals surface area (Å²) >= 11 is 0. The third-order valence-corrected chi connectivity index (χ3v) is 6.32. The molecule has 0 fully saturated rings. The Morgan fingerprint density at radius 1 is 1.00 bits per heavy atom. The summed E-state index contributed by atoms with van der Waals surface area (Å²) in [6.45, 7) is 4.53. The lowest BCUT2D eigenvalue weighted by Gasteiger charge is -2.34. The number of para-hydroxylation sites is 1. The van der Waals surface area contributed by atoms with E-state index in [1.165, 1.54) is 6.07 Å². The Labute approximate surface area is 139 Å². The van der Waals surface area contributed by atoms with Crippen molar-refractivity contribution in [3.8, 4) is 5.75 Å². The van der Waals surface area contributed by atoms with Gasteiger partial charge in [-0.3, -0.25) is 0 Å². The van der Waals surface area contributed by atoms with Gasteiger partial charge in [0.25, 0.3) is 0 Å². The van der Waals surface area contributed by atoms with E-state index in [-0.39, 0.29) is 17.8 Å². The van der Waals surface area contributed by atoms with Crippen LogP contribution in [-0.2, 0) is 9.89 Å². The van der Waals surface area contributed by atoms with E-state index >= 15 is 0 Å². The predicted octanol–water partition coefficient (Wildman–Crippen LogP) is 4.83. The molecular weight excluding hydrogens is 310 g/mol. The van der Waals surface area contributed by atoms with Crippen LogP contribution in [0.25, 0.3) is 0 Å². The molecule has 124 valence electrons. The van der Waals surface area contributed by atoms with Gasteiger partial charge in [-0.25, -0.2) is 4.39 Å². The van der Waals surface area contributed by atoms with Gasteiger partial charge >= 0.3 is 0 Å². The average Bonchev–Trinajstić information content (AvgIpc) is 2.60. The molecule has 0 saturated heterocycles. The molecule has 0 aromatic heterocycles. The third-order valence-electron chi connectivity index (χ3n) is 4.19. The maximum atomic E-state index is 14.2. The van der Waals surface area contributed by atoms with E-state index in [9.17, 15) is 4.39 Å². The van der Waals surface area contributed by atoms with Crippen molar-refractivity contribution in [3.05, 3.63) is 59.9 Å². The predicted molar refractivity (Wildman–Crippen MR) is 95.6 cm³/mol. The minimum Gasteiger partial charge on any atom is -0.467 e. The Bertz CT molecular complexity index is 626. The molecule has 2 nitrogen and oxygen atoms in total. The first kappa shape index (κ1) is 17.9. The van der Waals surface area contributed by atoms with Gasteiger partial charge in [0.1, 0.15) is 11.6 Å². The van der Waals surface area contributed by atoms with Crippen LogP contribution in [0.15, 0.2) is 48.5 Å². The zero-order chi connectivity index (χ0) is 16.7. The van der Waals surface area contributed by atoms with Crippen LogP contribution in [-0.4, -0.2) is 13.9 Å². The monoisotopic (exact) mass is 334 g/mol. The lowest BCUT2D eigenvalue weighted by molar-refractivity contribution is 0.0499. The lowest BCUT2D eigenvalue weighted by Crippen LogP contribution is -2.23. The standard InChI is InChI=1S/C19H24FO2P/c1-4-19(5-2,23-18-13-9-7-11-16(18)20)15-10-6-8-12-17(15)22-14-21-3/h6-13,23H,4-5,14H2,1-3H3. The van der Waals surface area contributed by atoms with Gasteiger partial charge in [0.15, 0.2) is 6.79 Å². The fraction of sp³-hybridized carbons (Fsp3) is 0.368. The molecule has 0 saturated carbocycles. The summed E-state index contributed by atoms with van der Waals surface area (Å²) in [6.07, 6.45) is 1.84. The number of ether oxygens (including phenoxy) is 2. The molecule has 0 aliphatic heterocycles. The van der Waals surface area contributed by atoms with Gasteiger partial charge in [-0.05, 0) is 25.0 Å². The Kier molecular flexibility index (Phi) is 6.56. The second-order valence-corrected chi connectivity index (χ2v) is 7.19. The number of hydrogen-bond acceptors (Lipinski definition) is 2. The van der Waals surface area contributed by atoms with E-state index in [4.69, 9.17) is 9.47 Å². The van der Waals surface area contributed by atoms with E-state index in [2.05, 4.69) is 19.9 Å². The summed E-state index contributed by atoms with van der Waals surface area (Å²) in [6, 6.07) is 15.1. The van der Waals surface area contributed by atoms with Gasteiger partial charge in [-0.15, -0.1) is 0 Å².